The van der Waals surface area contributed by atoms with E-state index in [1.165, 1.54) is 6.42 Å². The highest BCUT2D eigenvalue weighted by molar-refractivity contribution is 5.85. The van der Waals surface area contributed by atoms with Crippen LogP contribution in [0.3, 0.4) is 0 Å². The predicted molar refractivity (Wildman–Crippen MR) is 92.3 cm³/mol. The highest BCUT2D eigenvalue weighted by atomic mass is 19.4. The molecule has 1 aromatic heterocycles. The fourth-order valence-corrected chi connectivity index (χ4v) is 3.87. The lowest BCUT2D eigenvalue weighted by Crippen LogP contribution is -2.17. The average Bonchev–Trinajstić information content (AvgIpc) is 2.52. The highest BCUT2D eigenvalue weighted by Crippen LogP contribution is 2.39. The summed E-state index contributed by atoms with van der Waals surface area (Å²) >= 11 is 0. The first-order chi connectivity index (χ1) is 11.9. The summed E-state index contributed by atoms with van der Waals surface area (Å²) in [5.74, 6) is 0.00694. The summed E-state index contributed by atoms with van der Waals surface area (Å²) in [5, 5.41) is 11.6. The number of aryl methyl sites for hydroxylation is 1. The first-order valence-corrected chi connectivity index (χ1v) is 9.03. The van der Waals surface area contributed by atoms with Crippen molar-refractivity contribution in [3.8, 4) is 0 Å². The second kappa shape index (κ2) is 7.32. The van der Waals surface area contributed by atoms with Crippen LogP contribution in [-0.4, -0.2) is 10.1 Å². The number of nitrogens with zero attached hydrogens (tertiary/aromatic N) is 1. The van der Waals surface area contributed by atoms with E-state index in [2.05, 4.69) is 4.98 Å². The van der Waals surface area contributed by atoms with Gasteiger partial charge in [-0.2, -0.15) is 13.2 Å². The molecule has 1 atom stereocenters. The monoisotopic (exact) mass is 351 g/mol. The molecule has 0 unspecified atom stereocenters. The lowest BCUT2D eigenvalue weighted by Gasteiger charge is -2.26. The smallest absolute Gasteiger partial charge is 0.388 e. The van der Waals surface area contributed by atoms with Crippen LogP contribution in [0.2, 0.25) is 0 Å². The van der Waals surface area contributed by atoms with E-state index in [0.29, 0.717) is 22.0 Å². The lowest BCUT2D eigenvalue weighted by molar-refractivity contribution is -0.141. The number of aromatic nitrogens is 1. The van der Waals surface area contributed by atoms with Crippen LogP contribution in [0.25, 0.3) is 10.9 Å². The van der Waals surface area contributed by atoms with Crippen LogP contribution in [0, 0.1) is 12.8 Å². The molecule has 1 fully saturated rings. The molecule has 2 nitrogen and oxygen atoms in total. The van der Waals surface area contributed by atoms with Gasteiger partial charge in [0.2, 0.25) is 0 Å². The summed E-state index contributed by atoms with van der Waals surface area (Å²) in [6.07, 6.45) is 1.83. The number of benzene rings is 1. The number of rotatable bonds is 2. The first kappa shape index (κ1) is 18.2. The summed E-state index contributed by atoms with van der Waals surface area (Å²) in [5.41, 5.74) is 0.465. The largest absolute Gasteiger partial charge is 0.433 e. The normalized spacial score (nSPS) is 18.8. The Labute approximate surface area is 146 Å². The molecule has 1 saturated carbocycles. The standard InChI is InChI=1S/C20H24F3NO/c1-13-8-7-11-15-16(12-17(20(21,22)23)24-18(13)15)19(25)14-9-5-3-2-4-6-10-14/h7-8,11-12,14,19,25H,2-6,9-10H2,1H3/t19-/m0/s1. The number of halogens is 3. The number of fused-ring (bicyclic) bond motifs is 1. The molecule has 25 heavy (non-hydrogen) atoms. The minimum absolute atomic E-state index is 0.00694. The van der Waals surface area contributed by atoms with E-state index >= 15 is 0 Å². The zero-order valence-electron chi connectivity index (χ0n) is 14.4. The van der Waals surface area contributed by atoms with Crippen molar-refractivity contribution >= 4 is 10.9 Å². The van der Waals surface area contributed by atoms with E-state index in [1.54, 1.807) is 25.1 Å². The van der Waals surface area contributed by atoms with Crippen LogP contribution in [-0.2, 0) is 6.18 Å². The summed E-state index contributed by atoms with van der Waals surface area (Å²) in [7, 11) is 0. The maximum atomic E-state index is 13.3. The molecule has 3 rings (SSSR count). The van der Waals surface area contributed by atoms with Gasteiger partial charge in [-0.05, 0) is 42.9 Å². The summed E-state index contributed by atoms with van der Waals surface area (Å²) in [4.78, 5) is 3.83. The molecule has 0 aliphatic heterocycles. The lowest BCUT2D eigenvalue weighted by atomic mass is 9.83. The Morgan fingerprint density at radius 1 is 1.08 bits per heavy atom. The van der Waals surface area contributed by atoms with E-state index in [1.807, 2.05) is 0 Å². The molecule has 0 radical (unpaired) electrons. The number of aliphatic hydroxyl groups excluding tert-OH is 1. The van der Waals surface area contributed by atoms with Gasteiger partial charge in [-0.25, -0.2) is 4.98 Å². The van der Waals surface area contributed by atoms with Crippen LogP contribution in [0.4, 0.5) is 13.2 Å². The summed E-state index contributed by atoms with van der Waals surface area (Å²) < 4.78 is 39.9. The minimum atomic E-state index is -4.52. The quantitative estimate of drug-likeness (QED) is 0.724. The highest BCUT2D eigenvalue weighted by Gasteiger charge is 2.35. The maximum Gasteiger partial charge on any atom is 0.433 e. The number of aliphatic hydroxyl groups is 1. The van der Waals surface area contributed by atoms with Crippen molar-refractivity contribution in [3.63, 3.8) is 0 Å². The van der Waals surface area contributed by atoms with Crippen LogP contribution < -0.4 is 0 Å². The molecule has 0 amide bonds. The van der Waals surface area contributed by atoms with Gasteiger partial charge in [-0.15, -0.1) is 0 Å². The number of pyridine rings is 1. The molecule has 1 aliphatic rings. The Balaban J connectivity index is 2.08. The Morgan fingerprint density at radius 2 is 1.72 bits per heavy atom. The molecule has 1 heterocycles. The van der Waals surface area contributed by atoms with Gasteiger partial charge in [-0.1, -0.05) is 50.3 Å². The molecular formula is C20H24F3NO. The third kappa shape index (κ3) is 3.97. The van der Waals surface area contributed by atoms with Crippen molar-refractivity contribution in [2.75, 3.05) is 0 Å². The van der Waals surface area contributed by atoms with Gasteiger partial charge in [0.05, 0.1) is 11.6 Å². The zero-order valence-corrected chi connectivity index (χ0v) is 14.4. The molecule has 0 saturated heterocycles. The number of hydrogen-bond donors (Lipinski definition) is 1. The van der Waals surface area contributed by atoms with Crippen LogP contribution in [0.1, 0.15) is 67.9 Å². The Hall–Kier alpha value is -1.62. The van der Waals surface area contributed by atoms with E-state index in [9.17, 15) is 18.3 Å². The SMILES string of the molecule is Cc1cccc2c([C@@H](O)C3CCCCCCC3)cc(C(F)(F)F)nc12. The Bertz CT molecular complexity index is 734. The topological polar surface area (TPSA) is 33.1 Å². The molecule has 1 N–H and O–H groups in total. The van der Waals surface area contributed by atoms with E-state index in [-0.39, 0.29) is 5.92 Å². The maximum absolute atomic E-state index is 13.3. The molecule has 0 bridgehead atoms. The van der Waals surface area contributed by atoms with Crippen molar-refractivity contribution in [2.45, 2.75) is 64.1 Å². The third-order valence-corrected chi connectivity index (χ3v) is 5.28. The van der Waals surface area contributed by atoms with Gasteiger partial charge < -0.3 is 5.11 Å². The van der Waals surface area contributed by atoms with E-state index in [4.69, 9.17) is 0 Å². The van der Waals surface area contributed by atoms with Crippen molar-refractivity contribution < 1.29 is 18.3 Å². The van der Waals surface area contributed by atoms with Crippen LogP contribution in [0.5, 0.6) is 0 Å². The molecular weight excluding hydrogens is 327 g/mol. The van der Waals surface area contributed by atoms with Crippen molar-refractivity contribution in [1.29, 1.82) is 0 Å². The Morgan fingerprint density at radius 3 is 2.36 bits per heavy atom. The molecule has 5 heteroatoms. The summed E-state index contributed by atoms with van der Waals surface area (Å²) in [6, 6.07) is 6.37. The second-order valence-corrected chi connectivity index (χ2v) is 7.12. The number of hydrogen-bond acceptors (Lipinski definition) is 2. The number of alkyl halides is 3. The van der Waals surface area contributed by atoms with E-state index in [0.717, 1.165) is 44.6 Å². The molecule has 0 spiro atoms. The van der Waals surface area contributed by atoms with Crippen LogP contribution in [0.15, 0.2) is 24.3 Å². The second-order valence-electron chi connectivity index (χ2n) is 7.12. The van der Waals surface area contributed by atoms with Gasteiger partial charge >= 0.3 is 6.18 Å². The van der Waals surface area contributed by atoms with Gasteiger partial charge in [0.1, 0.15) is 5.69 Å². The van der Waals surface area contributed by atoms with Gasteiger partial charge in [0.25, 0.3) is 0 Å². The van der Waals surface area contributed by atoms with Gasteiger partial charge in [0, 0.05) is 5.39 Å². The molecule has 2 aromatic rings. The minimum Gasteiger partial charge on any atom is -0.388 e. The first-order valence-electron chi connectivity index (χ1n) is 9.03. The van der Waals surface area contributed by atoms with Crippen LogP contribution >= 0.6 is 0 Å². The fourth-order valence-electron chi connectivity index (χ4n) is 3.87. The fraction of sp³-hybridized carbons (Fsp3) is 0.550. The van der Waals surface area contributed by atoms with Crippen molar-refractivity contribution in [3.05, 3.63) is 41.1 Å². The van der Waals surface area contributed by atoms with Gasteiger partial charge in [0.15, 0.2) is 0 Å². The summed E-state index contributed by atoms with van der Waals surface area (Å²) in [6.45, 7) is 1.75. The van der Waals surface area contributed by atoms with Crippen molar-refractivity contribution in [2.24, 2.45) is 5.92 Å². The van der Waals surface area contributed by atoms with E-state index < -0.39 is 18.0 Å². The predicted octanol–water partition coefficient (Wildman–Crippen LogP) is 5.96. The molecule has 1 aromatic carbocycles. The average molecular weight is 351 g/mol. The number of para-hydroxylation sites is 1. The molecule has 136 valence electrons. The third-order valence-electron chi connectivity index (χ3n) is 5.28. The zero-order chi connectivity index (χ0) is 18.0. The van der Waals surface area contributed by atoms with Gasteiger partial charge in [-0.3, -0.25) is 0 Å². The van der Waals surface area contributed by atoms with Crippen molar-refractivity contribution in [1.82, 2.24) is 4.98 Å². The molecule has 1 aliphatic carbocycles. The Kier molecular flexibility index (Phi) is 5.32.